The van der Waals surface area contributed by atoms with Gasteiger partial charge in [0.15, 0.2) is 5.69 Å². The van der Waals surface area contributed by atoms with Gasteiger partial charge in [0.2, 0.25) is 5.75 Å². The molecule has 2 heterocycles. The molecule has 0 spiro atoms. The average molecular weight is 512 g/mol. The van der Waals surface area contributed by atoms with Crippen LogP contribution in [0.2, 0.25) is 0 Å². The molecule has 0 unspecified atom stereocenters. The summed E-state index contributed by atoms with van der Waals surface area (Å²) in [4.78, 5) is 33.1. The van der Waals surface area contributed by atoms with Gasteiger partial charge in [-0.1, -0.05) is 66.7 Å². The topological polar surface area (TPSA) is 64.4 Å². The monoisotopic (exact) mass is 511 g/mol. The van der Waals surface area contributed by atoms with Gasteiger partial charge in [-0.3, -0.25) is 9.59 Å². The van der Waals surface area contributed by atoms with Gasteiger partial charge in [-0.2, -0.15) is 4.98 Å². The van der Waals surface area contributed by atoms with E-state index in [-0.39, 0.29) is 35.8 Å². The summed E-state index contributed by atoms with van der Waals surface area (Å²) in [5, 5.41) is 0. The Labute approximate surface area is 221 Å². The van der Waals surface area contributed by atoms with Crippen molar-refractivity contribution in [3.05, 3.63) is 117 Å². The smallest absolute Gasteiger partial charge is 0.316 e. The molecular formula is C31H30FN3O3. The van der Waals surface area contributed by atoms with Gasteiger partial charge in [0.05, 0.1) is 0 Å². The van der Waals surface area contributed by atoms with E-state index in [1.807, 2.05) is 79.1 Å². The Balaban J connectivity index is 1.58. The van der Waals surface area contributed by atoms with Gasteiger partial charge >= 0.3 is 5.56 Å². The summed E-state index contributed by atoms with van der Waals surface area (Å²) < 4.78 is 22.1. The number of amides is 1. The summed E-state index contributed by atoms with van der Waals surface area (Å²) in [6.07, 6.45) is 0.307. The molecule has 0 saturated heterocycles. The molecular weight excluding hydrogens is 481 g/mol. The first-order chi connectivity index (χ1) is 18.3. The van der Waals surface area contributed by atoms with Crippen molar-refractivity contribution in [3.8, 4) is 16.9 Å². The van der Waals surface area contributed by atoms with Crippen molar-refractivity contribution >= 4 is 5.91 Å². The number of nitrogens with zero attached hydrogens (tertiary/aromatic N) is 3. The van der Waals surface area contributed by atoms with E-state index in [4.69, 9.17) is 4.74 Å². The number of hydrogen-bond donors (Lipinski definition) is 0. The predicted octanol–water partition coefficient (Wildman–Crippen LogP) is 5.39. The SMILES string of the molecule is Cc1ccc(-c2ccccc2Cc2nc(=O)c(OCc3ccccc3)c3n2CCN(C(C)C)C3=O)cc1F. The quantitative estimate of drug-likeness (QED) is 0.334. The number of carbonyl (C=O) groups excluding carboxylic acids is 1. The Bertz CT molecular complexity index is 1550. The first kappa shape index (κ1) is 25.4. The number of aromatic nitrogens is 2. The van der Waals surface area contributed by atoms with E-state index in [0.29, 0.717) is 30.9 Å². The fourth-order valence-corrected chi connectivity index (χ4v) is 4.85. The Morgan fingerprint density at radius 2 is 1.71 bits per heavy atom. The zero-order chi connectivity index (χ0) is 26.8. The third-order valence-corrected chi connectivity index (χ3v) is 6.95. The largest absolute Gasteiger partial charge is 0.481 e. The Morgan fingerprint density at radius 3 is 2.45 bits per heavy atom. The van der Waals surface area contributed by atoms with Crippen LogP contribution in [0.25, 0.3) is 11.1 Å². The van der Waals surface area contributed by atoms with Gasteiger partial charge in [-0.25, -0.2) is 4.39 Å². The minimum Gasteiger partial charge on any atom is -0.481 e. The second-order valence-electron chi connectivity index (χ2n) is 9.83. The predicted molar refractivity (Wildman–Crippen MR) is 145 cm³/mol. The standard InChI is InChI=1S/C31H30FN3O3/c1-20(2)34-15-16-35-27(18-23-11-7-8-12-25(23)24-14-13-21(3)26(32)17-24)33-30(36)29(28(35)31(34)37)38-19-22-9-5-4-6-10-22/h4-14,17,20H,15-16,18-19H2,1-3H3. The average Bonchev–Trinajstić information content (AvgIpc) is 2.91. The molecule has 6 nitrogen and oxygen atoms in total. The van der Waals surface area contributed by atoms with Crippen LogP contribution < -0.4 is 10.3 Å². The van der Waals surface area contributed by atoms with Crippen LogP contribution in [0.15, 0.2) is 77.6 Å². The maximum atomic E-state index is 14.4. The van der Waals surface area contributed by atoms with Crippen molar-refractivity contribution in [1.82, 2.24) is 14.5 Å². The number of hydrogen-bond acceptors (Lipinski definition) is 4. The molecule has 194 valence electrons. The maximum Gasteiger partial charge on any atom is 0.316 e. The summed E-state index contributed by atoms with van der Waals surface area (Å²) >= 11 is 0. The Kier molecular flexibility index (Phi) is 7.09. The molecule has 0 atom stereocenters. The highest BCUT2D eigenvalue weighted by atomic mass is 19.1. The molecule has 0 saturated carbocycles. The third-order valence-electron chi connectivity index (χ3n) is 6.95. The third kappa shape index (κ3) is 4.96. The lowest BCUT2D eigenvalue weighted by Crippen LogP contribution is -2.46. The number of benzene rings is 3. The number of carbonyl (C=O) groups is 1. The molecule has 1 aliphatic rings. The molecule has 1 amide bonds. The van der Waals surface area contributed by atoms with Crippen LogP contribution in [0.5, 0.6) is 5.75 Å². The summed E-state index contributed by atoms with van der Waals surface area (Å²) in [7, 11) is 0. The van der Waals surface area contributed by atoms with Crippen molar-refractivity contribution in [2.24, 2.45) is 0 Å². The Hall–Kier alpha value is -4.26. The van der Waals surface area contributed by atoms with Crippen LogP contribution in [0, 0.1) is 12.7 Å². The van der Waals surface area contributed by atoms with Crippen LogP contribution in [0.1, 0.15) is 46.9 Å². The first-order valence-electron chi connectivity index (χ1n) is 12.8. The molecule has 1 aromatic heterocycles. The summed E-state index contributed by atoms with van der Waals surface area (Å²) in [5.41, 5.74) is 3.61. The van der Waals surface area contributed by atoms with Gasteiger partial charge < -0.3 is 14.2 Å². The van der Waals surface area contributed by atoms with Gasteiger partial charge in [0, 0.05) is 25.6 Å². The van der Waals surface area contributed by atoms with Crippen molar-refractivity contribution in [2.45, 2.75) is 46.4 Å². The van der Waals surface area contributed by atoms with E-state index >= 15 is 0 Å². The van der Waals surface area contributed by atoms with E-state index in [9.17, 15) is 14.0 Å². The Morgan fingerprint density at radius 1 is 0.974 bits per heavy atom. The fourth-order valence-electron chi connectivity index (χ4n) is 4.85. The second-order valence-corrected chi connectivity index (χ2v) is 9.83. The lowest BCUT2D eigenvalue weighted by molar-refractivity contribution is 0.0634. The second kappa shape index (κ2) is 10.6. The van der Waals surface area contributed by atoms with Crippen molar-refractivity contribution in [2.75, 3.05) is 6.54 Å². The van der Waals surface area contributed by atoms with Gasteiger partial charge in [0.25, 0.3) is 5.91 Å². The number of rotatable bonds is 7. The van der Waals surface area contributed by atoms with Crippen LogP contribution in [-0.2, 0) is 19.6 Å². The molecule has 5 rings (SSSR count). The molecule has 4 aromatic rings. The zero-order valence-electron chi connectivity index (χ0n) is 21.8. The van der Waals surface area contributed by atoms with Crippen molar-refractivity contribution in [1.29, 1.82) is 0 Å². The van der Waals surface area contributed by atoms with Gasteiger partial charge in [-0.05, 0) is 54.7 Å². The molecule has 38 heavy (non-hydrogen) atoms. The normalized spacial score (nSPS) is 13.1. The summed E-state index contributed by atoms with van der Waals surface area (Å²) in [6, 6.07) is 22.3. The van der Waals surface area contributed by atoms with E-state index < -0.39 is 5.56 Å². The van der Waals surface area contributed by atoms with Crippen LogP contribution in [0.4, 0.5) is 4.39 Å². The highest BCUT2D eigenvalue weighted by Crippen LogP contribution is 2.29. The summed E-state index contributed by atoms with van der Waals surface area (Å²) in [6.45, 7) is 6.78. The lowest BCUT2D eigenvalue weighted by Gasteiger charge is -2.34. The molecule has 1 aliphatic heterocycles. The zero-order valence-corrected chi connectivity index (χ0v) is 21.8. The van der Waals surface area contributed by atoms with E-state index in [0.717, 1.165) is 22.3 Å². The summed E-state index contributed by atoms with van der Waals surface area (Å²) in [5.74, 6) is -0.0667. The molecule has 0 fully saturated rings. The molecule has 7 heteroatoms. The van der Waals surface area contributed by atoms with Crippen molar-refractivity contribution in [3.63, 3.8) is 0 Å². The van der Waals surface area contributed by atoms with E-state index in [1.165, 1.54) is 6.07 Å². The minimum atomic E-state index is -0.569. The molecule has 0 bridgehead atoms. The van der Waals surface area contributed by atoms with Crippen LogP contribution >= 0.6 is 0 Å². The van der Waals surface area contributed by atoms with Crippen LogP contribution in [0.3, 0.4) is 0 Å². The van der Waals surface area contributed by atoms with Crippen molar-refractivity contribution < 1.29 is 13.9 Å². The highest BCUT2D eigenvalue weighted by molar-refractivity contribution is 5.96. The first-order valence-corrected chi connectivity index (χ1v) is 12.8. The van der Waals surface area contributed by atoms with E-state index in [2.05, 4.69) is 4.98 Å². The molecule has 0 aliphatic carbocycles. The molecule has 0 radical (unpaired) electrons. The van der Waals surface area contributed by atoms with E-state index in [1.54, 1.807) is 17.9 Å². The number of aryl methyl sites for hydroxylation is 1. The number of ether oxygens (including phenoxy) is 1. The fraction of sp³-hybridized carbons (Fsp3) is 0.258. The highest BCUT2D eigenvalue weighted by Gasteiger charge is 2.33. The van der Waals surface area contributed by atoms with Gasteiger partial charge in [-0.15, -0.1) is 0 Å². The van der Waals surface area contributed by atoms with Crippen LogP contribution in [-0.4, -0.2) is 32.9 Å². The van der Waals surface area contributed by atoms with Gasteiger partial charge in [0.1, 0.15) is 18.2 Å². The molecule has 3 aromatic carbocycles. The lowest BCUT2D eigenvalue weighted by atomic mass is 9.96. The number of halogens is 1. The molecule has 0 N–H and O–H groups in total. The maximum absolute atomic E-state index is 14.4. The minimum absolute atomic E-state index is 0.0258. The number of fused-ring (bicyclic) bond motifs is 1.